The molecule has 68 valence electrons. The number of nitrogens with one attached hydrogen (secondary N) is 1. The topological polar surface area (TPSA) is 24.9 Å². The Hall–Kier alpha value is -1.09. The van der Waals surface area contributed by atoms with Gasteiger partial charge in [0.15, 0.2) is 5.13 Å². The Labute approximate surface area is 81.6 Å². The predicted octanol–water partition coefficient (Wildman–Crippen LogP) is 3.12. The fraction of sp³-hybridized carbons (Fsp3) is 0.300. The average Bonchev–Trinajstić information content (AvgIpc) is 2.44. The van der Waals surface area contributed by atoms with E-state index in [9.17, 15) is 0 Å². The van der Waals surface area contributed by atoms with E-state index in [1.165, 1.54) is 4.70 Å². The van der Waals surface area contributed by atoms with Crippen LogP contribution in [0.3, 0.4) is 0 Å². The first-order chi connectivity index (χ1) is 6.25. The summed E-state index contributed by atoms with van der Waals surface area (Å²) in [6.45, 7) is 4.23. The fourth-order valence-corrected chi connectivity index (χ4v) is 2.19. The van der Waals surface area contributed by atoms with Crippen LogP contribution >= 0.6 is 11.3 Å². The van der Waals surface area contributed by atoms with Crippen LogP contribution in [0.2, 0.25) is 0 Å². The van der Waals surface area contributed by atoms with Crippen LogP contribution in [0, 0.1) is 0 Å². The molecular weight excluding hydrogens is 180 g/mol. The van der Waals surface area contributed by atoms with Crippen molar-refractivity contribution in [3.8, 4) is 0 Å². The van der Waals surface area contributed by atoms with Crippen molar-refractivity contribution < 1.29 is 0 Å². The highest BCUT2D eigenvalue weighted by molar-refractivity contribution is 7.22. The summed E-state index contributed by atoms with van der Waals surface area (Å²) in [7, 11) is 0. The highest BCUT2D eigenvalue weighted by atomic mass is 32.1. The third-order valence-electron chi connectivity index (χ3n) is 1.71. The van der Waals surface area contributed by atoms with E-state index < -0.39 is 0 Å². The van der Waals surface area contributed by atoms with Crippen molar-refractivity contribution in [1.29, 1.82) is 0 Å². The van der Waals surface area contributed by atoms with Gasteiger partial charge < -0.3 is 5.32 Å². The number of benzene rings is 1. The maximum Gasteiger partial charge on any atom is 0.183 e. The summed E-state index contributed by atoms with van der Waals surface area (Å²) in [6.07, 6.45) is 0. The molecule has 0 saturated carbocycles. The zero-order valence-electron chi connectivity index (χ0n) is 7.74. The van der Waals surface area contributed by atoms with E-state index in [0.29, 0.717) is 6.04 Å². The molecule has 1 aromatic heterocycles. The van der Waals surface area contributed by atoms with Gasteiger partial charge in [0.25, 0.3) is 0 Å². The van der Waals surface area contributed by atoms with Crippen LogP contribution < -0.4 is 5.32 Å². The molecule has 0 radical (unpaired) electrons. The Morgan fingerprint density at radius 2 is 2.08 bits per heavy atom. The van der Waals surface area contributed by atoms with E-state index in [2.05, 4.69) is 30.2 Å². The van der Waals surface area contributed by atoms with Gasteiger partial charge in [-0.25, -0.2) is 4.98 Å². The van der Waals surface area contributed by atoms with Gasteiger partial charge in [-0.2, -0.15) is 0 Å². The van der Waals surface area contributed by atoms with Gasteiger partial charge in [-0.15, -0.1) is 0 Å². The molecule has 0 aliphatic rings. The zero-order chi connectivity index (χ0) is 9.26. The van der Waals surface area contributed by atoms with Gasteiger partial charge in [0.05, 0.1) is 10.2 Å². The molecule has 0 amide bonds. The van der Waals surface area contributed by atoms with Gasteiger partial charge in [-0.3, -0.25) is 0 Å². The summed E-state index contributed by atoms with van der Waals surface area (Å²) in [5.74, 6) is 0. The maximum absolute atomic E-state index is 4.46. The van der Waals surface area contributed by atoms with Gasteiger partial charge in [0.2, 0.25) is 0 Å². The monoisotopic (exact) mass is 192 g/mol. The van der Waals surface area contributed by atoms with E-state index in [-0.39, 0.29) is 0 Å². The lowest BCUT2D eigenvalue weighted by Gasteiger charge is -2.03. The van der Waals surface area contributed by atoms with E-state index >= 15 is 0 Å². The molecule has 1 heterocycles. The largest absolute Gasteiger partial charge is 0.359 e. The Bertz CT molecular complexity index is 373. The molecule has 0 aliphatic carbocycles. The summed E-state index contributed by atoms with van der Waals surface area (Å²) < 4.78 is 1.24. The van der Waals surface area contributed by atoms with Gasteiger partial charge in [-0.05, 0) is 26.0 Å². The molecule has 0 unspecified atom stereocenters. The third kappa shape index (κ3) is 1.80. The van der Waals surface area contributed by atoms with E-state index in [1.807, 2.05) is 18.2 Å². The number of hydrogen-bond acceptors (Lipinski definition) is 3. The van der Waals surface area contributed by atoms with Crippen molar-refractivity contribution in [2.24, 2.45) is 0 Å². The molecule has 0 spiro atoms. The summed E-state index contributed by atoms with van der Waals surface area (Å²) in [5, 5.41) is 4.31. The van der Waals surface area contributed by atoms with Gasteiger partial charge in [0, 0.05) is 6.04 Å². The number of hydrogen-bond donors (Lipinski definition) is 1. The molecule has 1 aromatic carbocycles. The van der Waals surface area contributed by atoms with Gasteiger partial charge in [0.1, 0.15) is 0 Å². The Morgan fingerprint density at radius 3 is 2.77 bits per heavy atom. The minimum absolute atomic E-state index is 0.445. The number of para-hydroxylation sites is 1. The molecule has 13 heavy (non-hydrogen) atoms. The highest BCUT2D eigenvalue weighted by Gasteiger charge is 2.02. The van der Waals surface area contributed by atoms with Crippen molar-refractivity contribution in [2.75, 3.05) is 5.32 Å². The smallest absolute Gasteiger partial charge is 0.183 e. The maximum atomic E-state index is 4.46. The number of fused-ring (bicyclic) bond motifs is 1. The SMILES string of the molecule is CC(C)Nc1nc2ccccc2s1. The average molecular weight is 192 g/mol. The molecule has 0 bridgehead atoms. The molecule has 2 aromatic rings. The summed E-state index contributed by atoms with van der Waals surface area (Å²) in [5.41, 5.74) is 1.08. The number of nitrogens with zero attached hydrogens (tertiary/aromatic N) is 1. The Balaban J connectivity index is 2.38. The molecule has 3 heteroatoms. The second kappa shape index (κ2) is 3.34. The Kier molecular flexibility index (Phi) is 2.19. The second-order valence-electron chi connectivity index (χ2n) is 3.29. The predicted molar refractivity (Wildman–Crippen MR) is 58.4 cm³/mol. The van der Waals surface area contributed by atoms with E-state index in [1.54, 1.807) is 11.3 Å². The molecular formula is C10H12N2S. The molecule has 0 saturated heterocycles. The number of thiazole rings is 1. The van der Waals surface area contributed by atoms with E-state index in [0.717, 1.165) is 10.6 Å². The summed E-state index contributed by atoms with van der Waals surface area (Å²) in [4.78, 5) is 4.46. The fourth-order valence-electron chi connectivity index (χ4n) is 1.18. The van der Waals surface area contributed by atoms with Crippen molar-refractivity contribution >= 4 is 26.7 Å². The number of aromatic nitrogens is 1. The quantitative estimate of drug-likeness (QED) is 0.790. The lowest BCUT2D eigenvalue weighted by Crippen LogP contribution is -2.08. The molecule has 2 rings (SSSR count). The molecule has 0 atom stereocenters. The molecule has 0 fully saturated rings. The standard InChI is InChI=1S/C10H12N2S/c1-7(2)11-10-12-8-5-3-4-6-9(8)13-10/h3-7H,1-2H3,(H,11,12). The van der Waals surface area contributed by atoms with Crippen molar-refractivity contribution in [3.63, 3.8) is 0 Å². The van der Waals surface area contributed by atoms with Crippen LogP contribution in [0.5, 0.6) is 0 Å². The minimum atomic E-state index is 0.445. The number of anilines is 1. The van der Waals surface area contributed by atoms with Crippen molar-refractivity contribution in [2.45, 2.75) is 19.9 Å². The minimum Gasteiger partial charge on any atom is -0.359 e. The van der Waals surface area contributed by atoms with Crippen LogP contribution in [-0.2, 0) is 0 Å². The third-order valence-corrected chi connectivity index (χ3v) is 2.67. The first kappa shape index (κ1) is 8.51. The van der Waals surface area contributed by atoms with Crippen molar-refractivity contribution in [3.05, 3.63) is 24.3 Å². The first-order valence-corrected chi connectivity index (χ1v) is 5.19. The van der Waals surface area contributed by atoms with Crippen molar-refractivity contribution in [1.82, 2.24) is 4.98 Å². The highest BCUT2D eigenvalue weighted by Crippen LogP contribution is 2.25. The lowest BCUT2D eigenvalue weighted by atomic mass is 10.3. The van der Waals surface area contributed by atoms with Gasteiger partial charge in [-0.1, -0.05) is 23.5 Å². The summed E-state index contributed by atoms with van der Waals surface area (Å²) >= 11 is 1.70. The van der Waals surface area contributed by atoms with Crippen LogP contribution in [0.1, 0.15) is 13.8 Å². The lowest BCUT2D eigenvalue weighted by molar-refractivity contribution is 0.897. The molecule has 0 aliphatic heterocycles. The second-order valence-corrected chi connectivity index (χ2v) is 4.32. The normalized spacial score (nSPS) is 11.0. The first-order valence-electron chi connectivity index (χ1n) is 4.38. The molecule has 1 N–H and O–H groups in total. The summed E-state index contributed by atoms with van der Waals surface area (Å²) in [6, 6.07) is 8.64. The van der Waals surface area contributed by atoms with Crippen LogP contribution in [0.15, 0.2) is 24.3 Å². The zero-order valence-corrected chi connectivity index (χ0v) is 8.56. The van der Waals surface area contributed by atoms with Gasteiger partial charge >= 0.3 is 0 Å². The van der Waals surface area contributed by atoms with Crippen LogP contribution in [0.25, 0.3) is 10.2 Å². The van der Waals surface area contributed by atoms with Crippen LogP contribution in [0.4, 0.5) is 5.13 Å². The Morgan fingerprint density at radius 1 is 1.31 bits per heavy atom. The van der Waals surface area contributed by atoms with E-state index in [4.69, 9.17) is 0 Å². The molecule has 2 nitrogen and oxygen atoms in total. The van der Waals surface area contributed by atoms with Crippen LogP contribution in [-0.4, -0.2) is 11.0 Å². The number of rotatable bonds is 2.